The average molecular weight is 550 g/mol. The quantitative estimate of drug-likeness (QED) is 0.199. The molecule has 0 bridgehead atoms. The first-order valence-corrected chi connectivity index (χ1v) is 15.1. The molecule has 7 aromatic rings. The summed E-state index contributed by atoms with van der Waals surface area (Å²) < 4.78 is 0. The van der Waals surface area contributed by atoms with Gasteiger partial charge in [0.1, 0.15) is 0 Å². The van der Waals surface area contributed by atoms with E-state index < -0.39 is 0 Å². The Hall–Kier alpha value is -5.27. The van der Waals surface area contributed by atoms with Gasteiger partial charge in [-0.3, -0.25) is 4.98 Å². The lowest BCUT2D eigenvalue weighted by Gasteiger charge is -2.21. The Labute approximate surface area is 252 Å². The van der Waals surface area contributed by atoms with Gasteiger partial charge >= 0.3 is 0 Å². The minimum atomic E-state index is 1.01. The Morgan fingerprint density at radius 2 is 1.09 bits per heavy atom. The Morgan fingerprint density at radius 3 is 1.72 bits per heavy atom. The normalized spacial score (nSPS) is 12.7. The molecule has 0 radical (unpaired) electrons. The van der Waals surface area contributed by atoms with E-state index in [9.17, 15) is 0 Å². The molecule has 1 aromatic heterocycles. The number of fused-ring (bicyclic) bond motifs is 3. The number of allylic oxidation sites excluding steroid dienone is 1. The lowest BCUT2D eigenvalue weighted by atomic mass is 9.83. The monoisotopic (exact) mass is 549 g/mol. The van der Waals surface area contributed by atoms with Gasteiger partial charge in [-0.15, -0.1) is 0 Å². The van der Waals surface area contributed by atoms with Gasteiger partial charge in [0, 0.05) is 11.8 Å². The van der Waals surface area contributed by atoms with Gasteiger partial charge in [-0.05, 0) is 98.0 Å². The predicted molar refractivity (Wildman–Crippen MR) is 183 cm³/mol. The molecular formula is C42H31N. The van der Waals surface area contributed by atoms with E-state index in [-0.39, 0.29) is 0 Å². The molecule has 0 N–H and O–H groups in total. The number of benzene rings is 6. The highest BCUT2D eigenvalue weighted by molar-refractivity contribution is 6.21. The molecule has 0 saturated carbocycles. The van der Waals surface area contributed by atoms with Crippen molar-refractivity contribution in [1.29, 1.82) is 0 Å². The topological polar surface area (TPSA) is 12.9 Å². The fourth-order valence-corrected chi connectivity index (χ4v) is 6.82. The van der Waals surface area contributed by atoms with E-state index in [0.717, 1.165) is 24.1 Å². The van der Waals surface area contributed by atoms with Gasteiger partial charge in [0.25, 0.3) is 0 Å². The largest absolute Gasteiger partial charge is 0.256 e. The van der Waals surface area contributed by atoms with Gasteiger partial charge in [0.2, 0.25) is 0 Å². The van der Waals surface area contributed by atoms with Crippen molar-refractivity contribution in [3.8, 4) is 33.5 Å². The highest BCUT2D eigenvalue weighted by Crippen LogP contribution is 2.44. The molecule has 0 atom stereocenters. The Bertz CT molecular complexity index is 2110. The molecule has 1 aliphatic carbocycles. The smallest absolute Gasteiger partial charge is 0.0701 e. The van der Waals surface area contributed by atoms with Crippen LogP contribution in [0.3, 0.4) is 0 Å². The van der Waals surface area contributed by atoms with Crippen LogP contribution in [0.1, 0.15) is 28.7 Å². The van der Waals surface area contributed by atoms with E-state index in [1.807, 2.05) is 18.3 Å². The summed E-state index contributed by atoms with van der Waals surface area (Å²) in [5.41, 5.74) is 14.1. The SMILES string of the molecule is Cc1cccc(-c2c3ccccc3c(-c3ccc4c(c3)CCC(c3ccc(-c5ccccn5)cc3)=C4)c3ccccc23)c1. The molecule has 0 unspecified atom stereocenters. The summed E-state index contributed by atoms with van der Waals surface area (Å²) >= 11 is 0. The molecule has 1 heteroatoms. The summed E-state index contributed by atoms with van der Waals surface area (Å²) in [4.78, 5) is 4.50. The van der Waals surface area contributed by atoms with Crippen LogP contribution in [0, 0.1) is 6.92 Å². The number of rotatable bonds is 4. The number of aryl methyl sites for hydroxylation is 2. The van der Waals surface area contributed by atoms with Gasteiger partial charge in [0.15, 0.2) is 0 Å². The first kappa shape index (κ1) is 25.4. The molecule has 0 saturated heterocycles. The fourth-order valence-electron chi connectivity index (χ4n) is 6.82. The Kier molecular flexibility index (Phi) is 6.23. The molecule has 43 heavy (non-hydrogen) atoms. The zero-order valence-corrected chi connectivity index (χ0v) is 24.2. The van der Waals surface area contributed by atoms with E-state index in [1.165, 1.54) is 71.6 Å². The number of hydrogen-bond acceptors (Lipinski definition) is 1. The molecule has 0 aliphatic heterocycles. The second-order valence-electron chi connectivity index (χ2n) is 11.6. The van der Waals surface area contributed by atoms with Gasteiger partial charge in [0.05, 0.1) is 5.69 Å². The van der Waals surface area contributed by atoms with Crippen LogP contribution in [-0.4, -0.2) is 4.98 Å². The van der Waals surface area contributed by atoms with Gasteiger partial charge in [-0.1, -0.05) is 133 Å². The molecule has 0 fully saturated rings. The van der Waals surface area contributed by atoms with Crippen molar-refractivity contribution in [2.75, 3.05) is 0 Å². The van der Waals surface area contributed by atoms with Crippen molar-refractivity contribution < 1.29 is 0 Å². The maximum Gasteiger partial charge on any atom is 0.0701 e. The van der Waals surface area contributed by atoms with Crippen LogP contribution in [0.5, 0.6) is 0 Å². The minimum Gasteiger partial charge on any atom is -0.256 e. The van der Waals surface area contributed by atoms with Crippen molar-refractivity contribution in [1.82, 2.24) is 4.98 Å². The van der Waals surface area contributed by atoms with Crippen molar-refractivity contribution in [3.63, 3.8) is 0 Å². The summed E-state index contributed by atoms with van der Waals surface area (Å²) in [6, 6.07) is 48.7. The van der Waals surface area contributed by atoms with Gasteiger partial charge in [-0.25, -0.2) is 0 Å². The summed E-state index contributed by atoms with van der Waals surface area (Å²) in [7, 11) is 0. The lowest BCUT2D eigenvalue weighted by Crippen LogP contribution is -2.00. The third kappa shape index (κ3) is 4.54. The van der Waals surface area contributed by atoms with Crippen LogP contribution < -0.4 is 0 Å². The van der Waals surface area contributed by atoms with Crippen LogP contribution in [0.25, 0.3) is 66.7 Å². The molecule has 6 aromatic carbocycles. The summed E-state index contributed by atoms with van der Waals surface area (Å²) in [6.45, 7) is 2.17. The first-order valence-electron chi connectivity index (χ1n) is 15.1. The van der Waals surface area contributed by atoms with Gasteiger partial charge < -0.3 is 0 Å². The van der Waals surface area contributed by atoms with Crippen LogP contribution in [-0.2, 0) is 6.42 Å². The molecule has 8 rings (SSSR count). The van der Waals surface area contributed by atoms with E-state index in [1.54, 1.807) is 0 Å². The number of pyridine rings is 1. The number of nitrogens with zero attached hydrogens (tertiary/aromatic N) is 1. The van der Waals surface area contributed by atoms with E-state index >= 15 is 0 Å². The zero-order chi connectivity index (χ0) is 28.8. The van der Waals surface area contributed by atoms with E-state index in [0.29, 0.717) is 0 Å². The molecule has 0 spiro atoms. The standard InChI is InChI=1S/C42H31N/c1-28-9-8-10-34(25-28)41-36-11-2-4-13-38(36)42(39-14-5-3-12-37(39)41)35-23-22-32-26-31(20-21-33(32)27-35)29-16-18-30(19-17-29)40-15-6-7-24-43-40/h2-19,22-27H,20-21H2,1H3. The predicted octanol–water partition coefficient (Wildman–Crippen LogP) is 11.2. The second-order valence-corrected chi connectivity index (χ2v) is 11.6. The third-order valence-corrected chi connectivity index (χ3v) is 8.88. The van der Waals surface area contributed by atoms with Crippen LogP contribution in [0.15, 0.2) is 140 Å². The number of aromatic nitrogens is 1. The first-order chi connectivity index (χ1) is 21.2. The lowest BCUT2D eigenvalue weighted by molar-refractivity contribution is 1.00. The van der Waals surface area contributed by atoms with E-state index in [2.05, 4.69) is 139 Å². The highest BCUT2D eigenvalue weighted by atomic mass is 14.7. The maximum absolute atomic E-state index is 4.50. The van der Waals surface area contributed by atoms with Crippen LogP contribution >= 0.6 is 0 Å². The minimum absolute atomic E-state index is 1.01. The Balaban J connectivity index is 1.23. The summed E-state index contributed by atoms with van der Waals surface area (Å²) in [6.07, 6.45) is 6.30. The summed E-state index contributed by atoms with van der Waals surface area (Å²) in [5.74, 6) is 0. The summed E-state index contributed by atoms with van der Waals surface area (Å²) in [5, 5.41) is 5.21. The molecule has 0 amide bonds. The van der Waals surface area contributed by atoms with Gasteiger partial charge in [-0.2, -0.15) is 0 Å². The second kappa shape index (κ2) is 10.5. The fraction of sp³-hybridized carbons (Fsp3) is 0.0714. The number of hydrogen-bond donors (Lipinski definition) is 0. The molecular weight excluding hydrogens is 518 g/mol. The van der Waals surface area contributed by atoms with Crippen molar-refractivity contribution >= 4 is 33.2 Å². The van der Waals surface area contributed by atoms with Crippen molar-refractivity contribution in [2.45, 2.75) is 19.8 Å². The highest BCUT2D eigenvalue weighted by Gasteiger charge is 2.19. The molecule has 1 aliphatic rings. The zero-order valence-electron chi connectivity index (χ0n) is 24.2. The molecule has 204 valence electrons. The van der Waals surface area contributed by atoms with Crippen LogP contribution in [0.2, 0.25) is 0 Å². The molecule has 1 heterocycles. The van der Waals surface area contributed by atoms with Crippen molar-refractivity contribution in [3.05, 3.63) is 162 Å². The van der Waals surface area contributed by atoms with Crippen molar-refractivity contribution in [2.24, 2.45) is 0 Å². The van der Waals surface area contributed by atoms with E-state index in [4.69, 9.17) is 0 Å². The maximum atomic E-state index is 4.50. The third-order valence-electron chi connectivity index (χ3n) is 8.88. The molecule has 1 nitrogen and oxygen atoms in total. The average Bonchev–Trinajstić information content (AvgIpc) is 3.07. The van der Waals surface area contributed by atoms with Crippen LogP contribution in [0.4, 0.5) is 0 Å². The Morgan fingerprint density at radius 1 is 0.488 bits per heavy atom.